The van der Waals surface area contributed by atoms with E-state index < -0.39 is 39.3 Å². The van der Waals surface area contributed by atoms with Crippen LogP contribution in [0.1, 0.15) is 31.3 Å². The number of aryl methyl sites for hydroxylation is 1. The van der Waals surface area contributed by atoms with E-state index in [0.29, 0.717) is 0 Å². The van der Waals surface area contributed by atoms with Crippen LogP contribution in [0.15, 0.2) is 0 Å². The van der Waals surface area contributed by atoms with Crippen molar-refractivity contribution in [3.05, 3.63) is 26.8 Å². The normalized spacial score (nSPS) is 10.4. The van der Waals surface area contributed by atoms with Crippen LogP contribution in [0.2, 0.25) is 5.15 Å². The minimum absolute atomic E-state index is 0.0136. The average Bonchev–Trinajstić information content (AvgIpc) is 2.38. The van der Waals surface area contributed by atoms with E-state index in [9.17, 15) is 19.7 Å². The Morgan fingerprint density at radius 2 is 1.73 bits per heavy atom. The van der Waals surface area contributed by atoms with Gasteiger partial charge in [-0.15, -0.1) is 0 Å². The van der Waals surface area contributed by atoms with E-state index in [-0.39, 0.29) is 19.0 Å². The molecule has 0 fully saturated rings. The van der Waals surface area contributed by atoms with Crippen LogP contribution in [0.25, 0.3) is 0 Å². The molecule has 0 atom stereocenters. The number of rotatable bonds is 6. The smallest absolute Gasteiger partial charge is 0.329 e. The fourth-order valence-corrected chi connectivity index (χ4v) is 1.98. The van der Waals surface area contributed by atoms with Crippen molar-refractivity contribution < 1.29 is 24.0 Å². The molecule has 0 amide bonds. The zero-order valence-electron chi connectivity index (χ0n) is 12.2. The van der Waals surface area contributed by atoms with Gasteiger partial charge in [0.15, 0.2) is 0 Å². The Labute approximate surface area is 130 Å². The molecule has 0 saturated heterocycles. The molecule has 1 aromatic rings. The summed E-state index contributed by atoms with van der Waals surface area (Å²) < 4.78 is 9.55. The van der Waals surface area contributed by atoms with Crippen LogP contribution >= 0.6 is 11.6 Å². The largest absolute Gasteiger partial charge is 0.465 e. The molecule has 1 heterocycles. The standard InChI is InChI=1S/C12H14ClN3O6/c1-4-21-11(17)7(12(18)22-5-2)8-9(16(19)20)10(13)15-6(3)14-8/h7H,4-5H2,1-3H3. The lowest BCUT2D eigenvalue weighted by atomic mass is 10.0. The third-order valence-corrected chi connectivity index (χ3v) is 2.74. The Kier molecular flexibility index (Phi) is 6.17. The molecule has 0 N–H and O–H groups in total. The van der Waals surface area contributed by atoms with Gasteiger partial charge in [0, 0.05) is 0 Å². The summed E-state index contributed by atoms with van der Waals surface area (Å²) >= 11 is 5.74. The molecule has 0 aliphatic rings. The summed E-state index contributed by atoms with van der Waals surface area (Å²) in [6, 6.07) is 0. The van der Waals surface area contributed by atoms with Crippen LogP contribution in [0.5, 0.6) is 0 Å². The third-order valence-electron chi connectivity index (χ3n) is 2.48. The number of esters is 2. The van der Waals surface area contributed by atoms with Gasteiger partial charge in [0.2, 0.25) is 11.1 Å². The molecule has 0 unspecified atom stereocenters. The number of nitrogens with zero attached hydrogens (tertiary/aromatic N) is 3. The maximum atomic E-state index is 12.0. The molecule has 0 bridgehead atoms. The number of carbonyl (C=O) groups is 2. The molecular formula is C12H14ClN3O6. The second kappa shape index (κ2) is 7.64. The van der Waals surface area contributed by atoms with Crippen LogP contribution < -0.4 is 0 Å². The summed E-state index contributed by atoms with van der Waals surface area (Å²) in [6.45, 7) is 4.46. The first-order valence-corrected chi connectivity index (χ1v) is 6.72. The molecule has 1 rings (SSSR count). The number of hydrogen-bond donors (Lipinski definition) is 0. The van der Waals surface area contributed by atoms with Crippen molar-refractivity contribution >= 4 is 29.2 Å². The molecule has 10 heteroatoms. The summed E-state index contributed by atoms with van der Waals surface area (Å²) in [7, 11) is 0. The summed E-state index contributed by atoms with van der Waals surface area (Å²) in [5.74, 6) is -3.62. The van der Waals surface area contributed by atoms with E-state index in [1.54, 1.807) is 0 Å². The Balaban J connectivity index is 3.50. The maximum Gasteiger partial charge on any atom is 0.329 e. The highest BCUT2D eigenvalue weighted by molar-refractivity contribution is 6.31. The van der Waals surface area contributed by atoms with Crippen LogP contribution in [0.4, 0.5) is 5.69 Å². The fourth-order valence-electron chi connectivity index (χ4n) is 1.69. The minimum Gasteiger partial charge on any atom is -0.465 e. The van der Waals surface area contributed by atoms with Crippen molar-refractivity contribution in [1.29, 1.82) is 0 Å². The van der Waals surface area contributed by atoms with Crippen LogP contribution in [-0.4, -0.2) is 40.0 Å². The molecule has 22 heavy (non-hydrogen) atoms. The Bertz CT molecular complexity index is 589. The Morgan fingerprint density at radius 1 is 1.23 bits per heavy atom. The first-order chi connectivity index (χ1) is 10.3. The van der Waals surface area contributed by atoms with Gasteiger partial charge in [0.25, 0.3) is 0 Å². The topological polar surface area (TPSA) is 122 Å². The van der Waals surface area contributed by atoms with Gasteiger partial charge in [-0.1, -0.05) is 11.6 Å². The molecular weight excluding hydrogens is 318 g/mol. The molecule has 0 aliphatic carbocycles. The summed E-state index contributed by atoms with van der Waals surface area (Å²) in [6.07, 6.45) is 0. The molecule has 1 aromatic heterocycles. The van der Waals surface area contributed by atoms with Crippen molar-refractivity contribution in [3.63, 3.8) is 0 Å². The highest BCUT2D eigenvalue weighted by Gasteiger charge is 2.40. The number of carbonyl (C=O) groups excluding carboxylic acids is 2. The quantitative estimate of drug-likeness (QED) is 0.253. The maximum absolute atomic E-state index is 12.0. The van der Waals surface area contributed by atoms with Crippen molar-refractivity contribution in [2.24, 2.45) is 0 Å². The van der Waals surface area contributed by atoms with Gasteiger partial charge in [-0.05, 0) is 20.8 Å². The van der Waals surface area contributed by atoms with Gasteiger partial charge in [0.1, 0.15) is 11.5 Å². The van der Waals surface area contributed by atoms with Crippen molar-refractivity contribution in [3.8, 4) is 0 Å². The van der Waals surface area contributed by atoms with Gasteiger partial charge >= 0.3 is 17.6 Å². The van der Waals surface area contributed by atoms with E-state index in [1.807, 2.05) is 0 Å². The zero-order chi connectivity index (χ0) is 16.9. The molecule has 0 radical (unpaired) electrons. The number of aromatic nitrogens is 2. The van der Waals surface area contributed by atoms with Gasteiger partial charge in [-0.25, -0.2) is 9.97 Å². The monoisotopic (exact) mass is 331 g/mol. The van der Waals surface area contributed by atoms with E-state index in [4.69, 9.17) is 21.1 Å². The van der Waals surface area contributed by atoms with Gasteiger partial charge in [-0.2, -0.15) is 0 Å². The van der Waals surface area contributed by atoms with E-state index in [2.05, 4.69) is 9.97 Å². The second-order valence-electron chi connectivity index (χ2n) is 3.99. The third kappa shape index (κ3) is 3.88. The van der Waals surface area contributed by atoms with E-state index in [1.165, 1.54) is 20.8 Å². The van der Waals surface area contributed by atoms with Crippen LogP contribution in [0.3, 0.4) is 0 Å². The number of ether oxygens (including phenoxy) is 2. The lowest BCUT2D eigenvalue weighted by Crippen LogP contribution is -2.28. The zero-order valence-corrected chi connectivity index (χ0v) is 12.9. The van der Waals surface area contributed by atoms with E-state index in [0.717, 1.165) is 0 Å². The van der Waals surface area contributed by atoms with E-state index >= 15 is 0 Å². The predicted octanol–water partition coefficient (Wildman–Crippen LogP) is 1.56. The highest BCUT2D eigenvalue weighted by Crippen LogP contribution is 2.32. The minimum atomic E-state index is -1.69. The first kappa shape index (κ1) is 17.8. The Morgan fingerprint density at radius 3 is 2.14 bits per heavy atom. The number of halogens is 1. The number of hydrogen-bond acceptors (Lipinski definition) is 8. The van der Waals surface area contributed by atoms with Crippen LogP contribution in [-0.2, 0) is 19.1 Å². The highest BCUT2D eigenvalue weighted by atomic mass is 35.5. The lowest BCUT2D eigenvalue weighted by molar-refractivity contribution is -0.386. The molecule has 120 valence electrons. The summed E-state index contributed by atoms with van der Waals surface area (Å²) in [4.78, 5) is 41.8. The average molecular weight is 332 g/mol. The van der Waals surface area contributed by atoms with Crippen molar-refractivity contribution in [2.45, 2.75) is 26.7 Å². The molecule has 9 nitrogen and oxygen atoms in total. The van der Waals surface area contributed by atoms with Gasteiger partial charge < -0.3 is 9.47 Å². The lowest BCUT2D eigenvalue weighted by Gasteiger charge is -2.14. The number of nitro groups is 1. The van der Waals surface area contributed by atoms with Crippen molar-refractivity contribution in [2.75, 3.05) is 13.2 Å². The fraction of sp³-hybridized carbons (Fsp3) is 0.500. The first-order valence-electron chi connectivity index (χ1n) is 6.35. The molecule has 0 aromatic carbocycles. The Hall–Kier alpha value is -2.29. The molecule has 0 saturated carbocycles. The SMILES string of the molecule is CCOC(=O)C(C(=O)OCC)c1nc(C)nc(Cl)c1[N+](=O)[O-]. The van der Waals surface area contributed by atoms with Crippen molar-refractivity contribution in [1.82, 2.24) is 9.97 Å². The van der Waals surface area contributed by atoms with Crippen LogP contribution in [0, 0.1) is 17.0 Å². The molecule has 0 aliphatic heterocycles. The molecule has 0 spiro atoms. The summed E-state index contributed by atoms with van der Waals surface area (Å²) in [5.41, 5.74) is -1.17. The van der Waals surface area contributed by atoms with Gasteiger partial charge in [0.05, 0.1) is 18.1 Å². The second-order valence-corrected chi connectivity index (χ2v) is 4.35. The van der Waals surface area contributed by atoms with Gasteiger partial charge in [-0.3, -0.25) is 19.7 Å². The predicted molar refractivity (Wildman–Crippen MR) is 74.4 cm³/mol. The summed E-state index contributed by atoms with van der Waals surface area (Å²) in [5, 5.41) is 10.7.